The molecule has 3 fully saturated rings. The molecule has 0 spiro atoms. The SMILES string of the molecule is O=S1(=O)C[C@@H]2N[C@@H]3CS(=O)(=O)C[C@H]3N(S(=O)(=O)c3ccc(Cl)c(Cl)c3)[C@@H]2C1. The van der Waals surface area contributed by atoms with E-state index < -0.39 is 53.9 Å². The average Bonchev–Trinajstić information content (AvgIpc) is 2.98. The summed E-state index contributed by atoms with van der Waals surface area (Å²) in [6, 6.07) is 0.767. The highest BCUT2D eigenvalue weighted by molar-refractivity contribution is 7.92. The Labute approximate surface area is 167 Å². The fraction of sp³-hybridized carbons (Fsp3) is 0.571. The van der Waals surface area contributed by atoms with Crippen LogP contribution in [0.2, 0.25) is 10.0 Å². The summed E-state index contributed by atoms with van der Waals surface area (Å²) in [5, 5.41) is 3.27. The number of sulfone groups is 2. The molecule has 4 atom stereocenters. The van der Waals surface area contributed by atoms with Crippen molar-refractivity contribution in [2.24, 2.45) is 0 Å². The van der Waals surface area contributed by atoms with Crippen molar-refractivity contribution in [1.82, 2.24) is 9.62 Å². The molecule has 150 valence electrons. The lowest BCUT2D eigenvalue weighted by Crippen LogP contribution is -2.67. The number of fused-ring (bicyclic) bond motifs is 2. The monoisotopic (exact) mass is 474 g/mol. The van der Waals surface area contributed by atoms with E-state index in [-0.39, 0.29) is 38.0 Å². The van der Waals surface area contributed by atoms with E-state index in [0.29, 0.717) is 0 Å². The molecular formula is C14H16Cl2N2O6S3. The highest BCUT2D eigenvalue weighted by atomic mass is 35.5. The number of piperazine rings is 1. The first-order valence-corrected chi connectivity index (χ1v) is 13.9. The maximum atomic E-state index is 13.4. The van der Waals surface area contributed by atoms with E-state index in [2.05, 4.69) is 5.32 Å². The summed E-state index contributed by atoms with van der Waals surface area (Å²) in [5.41, 5.74) is 0. The van der Waals surface area contributed by atoms with Gasteiger partial charge in [-0.1, -0.05) is 23.2 Å². The lowest BCUT2D eigenvalue weighted by Gasteiger charge is -2.43. The Bertz CT molecular complexity index is 1070. The fourth-order valence-electron chi connectivity index (χ4n) is 4.11. The van der Waals surface area contributed by atoms with Crippen molar-refractivity contribution in [2.75, 3.05) is 23.0 Å². The number of hydrogen-bond acceptors (Lipinski definition) is 7. The van der Waals surface area contributed by atoms with Crippen LogP contribution in [0.1, 0.15) is 0 Å². The minimum Gasteiger partial charge on any atom is -0.306 e. The van der Waals surface area contributed by atoms with Crippen molar-refractivity contribution in [1.29, 1.82) is 0 Å². The summed E-state index contributed by atoms with van der Waals surface area (Å²) < 4.78 is 76.3. The normalized spacial score (nSPS) is 34.9. The number of rotatable bonds is 2. The van der Waals surface area contributed by atoms with Crippen molar-refractivity contribution < 1.29 is 25.3 Å². The van der Waals surface area contributed by atoms with Crippen molar-refractivity contribution in [3.63, 3.8) is 0 Å². The second kappa shape index (κ2) is 6.28. The van der Waals surface area contributed by atoms with Crippen LogP contribution >= 0.6 is 23.2 Å². The van der Waals surface area contributed by atoms with Gasteiger partial charge in [-0.3, -0.25) is 0 Å². The molecule has 0 saturated carbocycles. The third-order valence-electron chi connectivity index (χ3n) is 5.19. The summed E-state index contributed by atoms with van der Waals surface area (Å²) in [6.07, 6.45) is 0. The summed E-state index contributed by atoms with van der Waals surface area (Å²) in [4.78, 5) is -0.148. The first-order chi connectivity index (χ1) is 12.4. The molecular weight excluding hydrogens is 459 g/mol. The van der Waals surface area contributed by atoms with Gasteiger partial charge in [0.1, 0.15) is 0 Å². The average molecular weight is 475 g/mol. The first kappa shape index (κ1) is 19.9. The zero-order valence-electron chi connectivity index (χ0n) is 13.7. The van der Waals surface area contributed by atoms with Gasteiger partial charge in [-0.15, -0.1) is 0 Å². The van der Waals surface area contributed by atoms with E-state index in [0.717, 1.165) is 4.31 Å². The van der Waals surface area contributed by atoms with E-state index in [1.165, 1.54) is 18.2 Å². The van der Waals surface area contributed by atoms with Crippen LogP contribution in [-0.4, -0.2) is 76.7 Å². The van der Waals surface area contributed by atoms with Gasteiger partial charge in [0.15, 0.2) is 19.7 Å². The smallest absolute Gasteiger partial charge is 0.243 e. The van der Waals surface area contributed by atoms with Crippen LogP contribution in [0.5, 0.6) is 0 Å². The molecule has 0 amide bonds. The zero-order valence-corrected chi connectivity index (χ0v) is 17.7. The largest absolute Gasteiger partial charge is 0.306 e. The topological polar surface area (TPSA) is 118 Å². The Balaban J connectivity index is 1.84. The highest BCUT2D eigenvalue weighted by Gasteiger charge is 2.57. The van der Waals surface area contributed by atoms with E-state index in [4.69, 9.17) is 23.2 Å². The number of hydrogen-bond donors (Lipinski definition) is 1. The molecule has 0 bridgehead atoms. The maximum Gasteiger partial charge on any atom is 0.243 e. The minimum absolute atomic E-state index is 0.0408. The maximum absolute atomic E-state index is 13.4. The molecule has 1 N–H and O–H groups in total. The molecule has 27 heavy (non-hydrogen) atoms. The Kier molecular flexibility index (Phi) is 4.62. The minimum atomic E-state index is -4.19. The molecule has 0 unspecified atom stereocenters. The standard InChI is InChI=1S/C14H16Cl2N2O6S3/c15-9-2-1-8(3-10(9)16)27(23,24)18-13-6-25(19,20)4-11(13)17-12-5-26(21,22)7-14(12)18/h1-3,11-14,17H,4-7H2/t11-,12+,13-,14-/m1/s1. The summed E-state index contributed by atoms with van der Waals surface area (Å²) in [6.45, 7) is 0. The van der Waals surface area contributed by atoms with Crippen LogP contribution < -0.4 is 5.32 Å². The third-order valence-corrected chi connectivity index (χ3v) is 11.3. The van der Waals surface area contributed by atoms with E-state index in [1.54, 1.807) is 0 Å². The van der Waals surface area contributed by atoms with E-state index in [1.807, 2.05) is 0 Å². The second-order valence-electron chi connectivity index (χ2n) is 7.08. The van der Waals surface area contributed by atoms with Crippen LogP contribution in [-0.2, 0) is 29.7 Å². The second-order valence-corrected chi connectivity index (χ2v) is 14.0. The van der Waals surface area contributed by atoms with Gasteiger partial charge < -0.3 is 5.32 Å². The number of nitrogens with one attached hydrogen (secondary N) is 1. The van der Waals surface area contributed by atoms with Crippen molar-refractivity contribution >= 4 is 52.9 Å². The molecule has 0 radical (unpaired) electrons. The van der Waals surface area contributed by atoms with Gasteiger partial charge in [0, 0.05) is 12.1 Å². The fourth-order valence-corrected chi connectivity index (χ4v) is 10.4. The number of sulfonamides is 1. The Morgan fingerprint density at radius 1 is 0.889 bits per heavy atom. The van der Waals surface area contributed by atoms with Crippen molar-refractivity contribution in [3.05, 3.63) is 28.2 Å². The summed E-state index contributed by atoms with van der Waals surface area (Å²) >= 11 is 11.8. The predicted octanol–water partition coefficient (Wildman–Crippen LogP) is -0.0815. The van der Waals surface area contributed by atoms with E-state index >= 15 is 0 Å². The molecule has 1 aromatic carbocycles. The highest BCUT2D eigenvalue weighted by Crippen LogP contribution is 2.37. The van der Waals surface area contributed by atoms with Crippen LogP contribution in [0.25, 0.3) is 0 Å². The molecule has 4 rings (SSSR count). The van der Waals surface area contributed by atoms with Gasteiger partial charge in [0.05, 0.1) is 50.0 Å². The first-order valence-electron chi connectivity index (χ1n) is 8.05. The number of benzene rings is 1. The third kappa shape index (κ3) is 3.41. The number of halogens is 2. The van der Waals surface area contributed by atoms with Crippen LogP contribution in [0.4, 0.5) is 0 Å². The quantitative estimate of drug-likeness (QED) is 0.636. The van der Waals surface area contributed by atoms with E-state index in [9.17, 15) is 25.3 Å². The Morgan fingerprint density at radius 3 is 1.89 bits per heavy atom. The van der Waals surface area contributed by atoms with Crippen LogP contribution in [0.15, 0.2) is 23.1 Å². The molecule has 8 nitrogen and oxygen atoms in total. The van der Waals surface area contributed by atoms with Crippen LogP contribution in [0, 0.1) is 0 Å². The van der Waals surface area contributed by atoms with Gasteiger partial charge in [-0.2, -0.15) is 4.31 Å². The molecule has 13 heteroatoms. The van der Waals surface area contributed by atoms with Gasteiger partial charge in [0.2, 0.25) is 10.0 Å². The summed E-state index contributed by atoms with van der Waals surface area (Å²) in [5.74, 6) is -1.16. The van der Waals surface area contributed by atoms with Gasteiger partial charge in [-0.05, 0) is 18.2 Å². The van der Waals surface area contributed by atoms with Gasteiger partial charge in [0.25, 0.3) is 0 Å². The zero-order chi connectivity index (χ0) is 19.8. The van der Waals surface area contributed by atoms with Crippen LogP contribution in [0.3, 0.4) is 0 Å². The molecule has 1 aromatic rings. The lowest BCUT2D eigenvalue weighted by atomic mass is 10.0. The van der Waals surface area contributed by atoms with Gasteiger partial charge >= 0.3 is 0 Å². The Morgan fingerprint density at radius 2 is 1.41 bits per heavy atom. The molecule has 3 aliphatic heterocycles. The molecule has 0 aliphatic carbocycles. The Hall–Kier alpha value is -0.430. The summed E-state index contributed by atoms with van der Waals surface area (Å²) in [7, 11) is -11.1. The molecule has 0 aromatic heterocycles. The molecule has 3 aliphatic rings. The number of nitrogens with zero attached hydrogens (tertiary/aromatic N) is 1. The molecule has 3 heterocycles. The lowest BCUT2D eigenvalue weighted by molar-refractivity contribution is 0.160. The van der Waals surface area contributed by atoms with Gasteiger partial charge in [-0.25, -0.2) is 25.3 Å². The van der Waals surface area contributed by atoms with Crippen molar-refractivity contribution in [2.45, 2.75) is 29.1 Å². The predicted molar refractivity (Wildman–Crippen MR) is 101 cm³/mol. The van der Waals surface area contributed by atoms with Crippen molar-refractivity contribution in [3.8, 4) is 0 Å². The molecule has 3 saturated heterocycles.